The molecule has 8 nitrogen and oxygen atoms in total. The van der Waals surface area contributed by atoms with Crippen LogP contribution in [0.5, 0.6) is 0 Å². The average molecular weight is 481 g/mol. The number of carbonyl (C=O) groups is 3. The van der Waals surface area contributed by atoms with Crippen molar-refractivity contribution in [3.05, 3.63) is 59.7 Å². The standard InChI is InChI=1S/C27H32N2O6/c1-16(34-2)24(26(31)32)29-25(30)18-13-7-8-17(18)14-28-27(33)35-15-23-21-11-5-3-9-19(21)20-10-4-6-12-22(20)23/h3-6,9-12,16-18,23-24H,7-8,13-15H2,1-2H3,(H,28,33)(H,29,30)(H,31,32)/t16-,17?,18?,24+/m1/s1. The monoisotopic (exact) mass is 480 g/mol. The van der Waals surface area contributed by atoms with Crippen LogP contribution in [0.1, 0.15) is 43.2 Å². The summed E-state index contributed by atoms with van der Waals surface area (Å²) in [5.74, 6) is -1.93. The van der Waals surface area contributed by atoms with E-state index >= 15 is 0 Å². The highest BCUT2D eigenvalue weighted by molar-refractivity contribution is 5.86. The number of hydrogen-bond acceptors (Lipinski definition) is 5. The summed E-state index contributed by atoms with van der Waals surface area (Å²) in [4.78, 5) is 36.8. The summed E-state index contributed by atoms with van der Waals surface area (Å²) in [5, 5.41) is 14.8. The Hall–Kier alpha value is -3.39. The lowest BCUT2D eigenvalue weighted by molar-refractivity contribution is -0.146. The van der Waals surface area contributed by atoms with E-state index < -0.39 is 24.2 Å². The van der Waals surface area contributed by atoms with Gasteiger partial charge in [0.15, 0.2) is 6.04 Å². The van der Waals surface area contributed by atoms with E-state index in [4.69, 9.17) is 9.47 Å². The molecule has 186 valence electrons. The molecule has 0 aliphatic heterocycles. The zero-order valence-electron chi connectivity index (χ0n) is 20.0. The van der Waals surface area contributed by atoms with Crippen LogP contribution in [0.15, 0.2) is 48.5 Å². The van der Waals surface area contributed by atoms with Crippen LogP contribution in [0.3, 0.4) is 0 Å². The smallest absolute Gasteiger partial charge is 0.407 e. The second kappa shape index (κ2) is 10.9. The summed E-state index contributed by atoms with van der Waals surface area (Å²) >= 11 is 0. The lowest BCUT2D eigenvalue weighted by Crippen LogP contribution is -2.51. The first-order chi connectivity index (χ1) is 16.9. The predicted molar refractivity (Wildman–Crippen MR) is 130 cm³/mol. The highest BCUT2D eigenvalue weighted by atomic mass is 16.5. The van der Waals surface area contributed by atoms with Gasteiger partial charge < -0.3 is 25.2 Å². The first-order valence-corrected chi connectivity index (χ1v) is 12.1. The van der Waals surface area contributed by atoms with Crippen LogP contribution in [-0.4, -0.2) is 55.5 Å². The molecule has 4 atom stereocenters. The average Bonchev–Trinajstić information content (AvgIpc) is 3.47. The molecule has 0 spiro atoms. The number of aliphatic carboxylic acids is 1. The zero-order chi connectivity index (χ0) is 24.9. The van der Waals surface area contributed by atoms with Gasteiger partial charge in [-0.2, -0.15) is 0 Å². The first kappa shape index (κ1) is 24.7. The van der Waals surface area contributed by atoms with Gasteiger partial charge in [-0.05, 0) is 47.9 Å². The minimum atomic E-state index is -1.14. The number of amides is 2. The molecule has 2 aliphatic carbocycles. The number of fused-ring (bicyclic) bond motifs is 3. The van der Waals surface area contributed by atoms with Gasteiger partial charge in [-0.15, -0.1) is 0 Å². The van der Waals surface area contributed by atoms with Gasteiger partial charge in [0.2, 0.25) is 5.91 Å². The highest BCUT2D eigenvalue weighted by Gasteiger charge is 2.36. The fraction of sp³-hybridized carbons (Fsp3) is 0.444. The van der Waals surface area contributed by atoms with Gasteiger partial charge >= 0.3 is 12.1 Å². The molecule has 35 heavy (non-hydrogen) atoms. The molecule has 3 N–H and O–H groups in total. The van der Waals surface area contributed by atoms with Gasteiger partial charge in [0.1, 0.15) is 6.61 Å². The largest absolute Gasteiger partial charge is 0.480 e. The maximum Gasteiger partial charge on any atom is 0.407 e. The molecule has 0 aromatic heterocycles. The van der Waals surface area contributed by atoms with Gasteiger partial charge in [0.05, 0.1) is 6.10 Å². The van der Waals surface area contributed by atoms with Gasteiger partial charge in [0.25, 0.3) is 0 Å². The normalized spacial score (nSPS) is 20.4. The number of benzene rings is 2. The van der Waals surface area contributed by atoms with Crippen molar-refractivity contribution in [1.29, 1.82) is 0 Å². The highest BCUT2D eigenvalue weighted by Crippen LogP contribution is 2.44. The molecule has 0 radical (unpaired) electrons. The second-order valence-corrected chi connectivity index (χ2v) is 9.27. The molecule has 1 fully saturated rings. The van der Waals surface area contributed by atoms with E-state index in [1.165, 1.54) is 18.2 Å². The van der Waals surface area contributed by atoms with E-state index in [0.29, 0.717) is 13.0 Å². The predicted octanol–water partition coefficient (Wildman–Crippen LogP) is 3.55. The number of nitrogens with one attached hydrogen (secondary N) is 2. The number of carboxylic acid groups (broad SMARTS) is 1. The minimum absolute atomic E-state index is 0.0196. The quantitative estimate of drug-likeness (QED) is 0.506. The number of alkyl carbamates (subject to hydrolysis) is 1. The summed E-state index contributed by atoms with van der Waals surface area (Å²) in [5.41, 5.74) is 4.62. The summed E-state index contributed by atoms with van der Waals surface area (Å²) in [6.45, 7) is 2.12. The molecule has 0 saturated heterocycles. The number of carbonyl (C=O) groups excluding carboxylic acids is 2. The molecule has 2 amide bonds. The molecule has 2 aliphatic rings. The van der Waals surface area contributed by atoms with Crippen LogP contribution in [0.4, 0.5) is 4.79 Å². The molecule has 0 bridgehead atoms. The molecule has 2 unspecified atom stereocenters. The Morgan fingerprint density at radius 3 is 2.26 bits per heavy atom. The van der Waals surface area contributed by atoms with Gasteiger partial charge in [-0.25, -0.2) is 9.59 Å². The number of ether oxygens (including phenoxy) is 2. The summed E-state index contributed by atoms with van der Waals surface area (Å²) in [7, 11) is 1.41. The molecule has 4 rings (SSSR count). The van der Waals surface area contributed by atoms with E-state index in [9.17, 15) is 19.5 Å². The zero-order valence-corrected chi connectivity index (χ0v) is 20.0. The van der Waals surface area contributed by atoms with Crippen molar-refractivity contribution >= 4 is 18.0 Å². The van der Waals surface area contributed by atoms with Crippen molar-refractivity contribution in [2.75, 3.05) is 20.3 Å². The SMILES string of the molecule is CO[C@H](C)[C@H](NC(=O)C1CCCC1CNC(=O)OCC1c2ccccc2-c2ccccc21)C(=O)O. The van der Waals surface area contributed by atoms with E-state index in [0.717, 1.165) is 24.0 Å². The van der Waals surface area contributed by atoms with Crippen LogP contribution in [0, 0.1) is 11.8 Å². The molecule has 2 aromatic rings. The third kappa shape index (κ3) is 5.32. The number of rotatable bonds is 9. The number of hydrogen-bond donors (Lipinski definition) is 3. The van der Waals surface area contributed by atoms with Crippen molar-refractivity contribution in [3.8, 4) is 11.1 Å². The van der Waals surface area contributed by atoms with Gasteiger partial charge in [-0.3, -0.25) is 4.79 Å². The summed E-state index contributed by atoms with van der Waals surface area (Å²) in [6.07, 6.45) is 1.09. The second-order valence-electron chi connectivity index (χ2n) is 9.27. The molecule has 8 heteroatoms. The third-order valence-electron chi connectivity index (χ3n) is 7.25. The van der Waals surface area contributed by atoms with Crippen LogP contribution >= 0.6 is 0 Å². The lowest BCUT2D eigenvalue weighted by atomic mass is 9.94. The molecular weight excluding hydrogens is 448 g/mol. The Morgan fingerprint density at radius 2 is 1.66 bits per heavy atom. The number of carboxylic acids is 1. The summed E-state index contributed by atoms with van der Waals surface area (Å²) in [6, 6.07) is 15.2. The van der Waals surface area contributed by atoms with E-state index in [1.54, 1.807) is 6.92 Å². The Labute approximate surface area is 205 Å². The van der Waals surface area contributed by atoms with Gasteiger partial charge in [0, 0.05) is 25.5 Å². The van der Waals surface area contributed by atoms with Gasteiger partial charge in [-0.1, -0.05) is 55.0 Å². The van der Waals surface area contributed by atoms with E-state index in [2.05, 4.69) is 34.9 Å². The number of methoxy groups -OCH3 is 1. The molecule has 2 aromatic carbocycles. The van der Waals surface area contributed by atoms with E-state index in [1.807, 2.05) is 24.3 Å². The minimum Gasteiger partial charge on any atom is -0.480 e. The van der Waals surface area contributed by atoms with Crippen molar-refractivity contribution < 1.29 is 29.0 Å². The molecule has 1 saturated carbocycles. The topological polar surface area (TPSA) is 114 Å². The third-order valence-corrected chi connectivity index (χ3v) is 7.25. The maximum absolute atomic E-state index is 12.8. The Balaban J connectivity index is 1.31. The Kier molecular flexibility index (Phi) is 7.70. The lowest BCUT2D eigenvalue weighted by Gasteiger charge is -2.24. The van der Waals surface area contributed by atoms with E-state index in [-0.39, 0.29) is 30.3 Å². The van der Waals surface area contributed by atoms with Crippen LogP contribution in [0.25, 0.3) is 11.1 Å². The van der Waals surface area contributed by atoms with Crippen molar-refractivity contribution in [2.45, 2.75) is 44.2 Å². The fourth-order valence-corrected chi connectivity index (χ4v) is 5.27. The fourth-order valence-electron chi connectivity index (χ4n) is 5.27. The first-order valence-electron chi connectivity index (χ1n) is 12.1. The maximum atomic E-state index is 12.8. The van der Waals surface area contributed by atoms with Crippen LogP contribution in [-0.2, 0) is 19.1 Å². The summed E-state index contributed by atoms with van der Waals surface area (Å²) < 4.78 is 10.7. The Bertz CT molecular complexity index is 1040. The van der Waals surface area contributed by atoms with Crippen molar-refractivity contribution in [3.63, 3.8) is 0 Å². The Morgan fingerprint density at radius 1 is 1.03 bits per heavy atom. The van der Waals surface area contributed by atoms with Crippen LogP contribution in [0.2, 0.25) is 0 Å². The van der Waals surface area contributed by atoms with Crippen molar-refractivity contribution in [1.82, 2.24) is 10.6 Å². The molecular formula is C27H32N2O6. The van der Waals surface area contributed by atoms with Crippen LogP contribution < -0.4 is 10.6 Å². The van der Waals surface area contributed by atoms with Crippen molar-refractivity contribution in [2.24, 2.45) is 11.8 Å². The molecule has 0 heterocycles.